The van der Waals surface area contributed by atoms with Gasteiger partial charge in [-0.05, 0) is 37.0 Å². The molecule has 1 fully saturated rings. The number of halogens is 1. The number of hydrogen-bond donors (Lipinski definition) is 1. The lowest BCUT2D eigenvalue weighted by Crippen LogP contribution is -2.41. The van der Waals surface area contributed by atoms with Crippen molar-refractivity contribution < 1.29 is 4.79 Å². The smallest absolute Gasteiger partial charge is 0.251 e. The highest BCUT2D eigenvalue weighted by atomic mass is 79.9. The van der Waals surface area contributed by atoms with Crippen molar-refractivity contribution in [1.82, 2.24) is 5.32 Å². The maximum Gasteiger partial charge on any atom is 0.251 e. The first kappa shape index (κ1) is 12.6. The Morgan fingerprint density at radius 1 is 1.35 bits per heavy atom. The van der Waals surface area contributed by atoms with Gasteiger partial charge in [0.05, 0.1) is 0 Å². The molecule has 2 nitrogen and oxygen atoms in total. The molecular weight excluding hydrogens is 278 g/mol. The van der Waals surface area contributed by atoms with Crippen LogP contribution in [0, 0.1) is 5.92 Å². The summed E-state index contributed by atoms with van der Waals surface area (Å²) in [7, 11) is 0. The third-order valence-corrected chi connectivity index (χ3v) is 4.01. The molecule has 1 aromatic carbocycles. The summed E-state index contributed by atoms with van der Waals surface area (Å²) in [6.07, 6.45) is 4.86. The quantitative estimate of drug-likeness (QED) is 0.884. The highest BCUT2D eigenvalue weighted by Crippen LogP contribution is 2.24. The van der Waals surface area contributed by atoms with E-state index in [1.807, 2.05) is 24.3 Å². The van der Waals surface area contributed by atoms with Gasteiger partial charge < -0.3 is 5.32 Å². The largest absolute Gasteiger partial charge is 0.349 e. The van der Waals surface area contributed by atoms with Gasteiger partial charge in [0, 0.05) is 16.1 Å². The lowest BCUT2D eigenvalue weighted by Gasteiger charge is -2.29. The van der Waals surface area contributed by atoms with Crippen molar-refractivity contribution >= 4 is 21.8 Å². The Morgan fingerprint density at radius 3 is 2.82 bits per heavy atom. The van der Waals surface area contributed by atoms with Gasteiger partial charge in [0.1, 0.15) is 0 Å². The van der Waals surface area contributed by atoms with Gasteiger partial charge in [0.2, 0.25) is 0 Å². The Labute approximate surface area is 111 Å². The lowest BCUT2D eigenvalue weighted by atomic mass is 9.86. The molecule has 0 bridgehead atoms. The molecule has 0 aromatic heterocycles. The van der Waals surface area contributed by atoms with Crippen LogP contribution in [0.3, 0.4) is 0 Å². The molecule has 0 aliphatic heterocycles. The van der Waals surface area contributed by atoms with Crippen molar-refractivity contribution in [2.75, 3.05) is 0 Å². The molecule has 17 heavy (non-hydrogen) atoms. The van der Waals surface area contributed by atoms with E-state index in [9.17, 15) is 4.79 Å². The molecule has 1 aliphatic rings. The van der Waals surface area contributed by atoms with E-state index in [0.717, 1.165) is 16.5 Å². The van der Waals surface area contributed by atoms with E-state index in [2.05, 4.69) is 28.2 Å². The summed E-state index contributed by atoms with van der Waals surface area (Å²) in [6, 6.07) is 7.88. The maximum absolute atomic E-state index is 12.1. The average molecular weight is 296 g/mol. The lowest BCUT2D eigenvalue weighted by molar-refractivity contribution is 0.0910. The van der Waals surface area contributed by atoms with Gasteiger partial charge in [-0.15, -0.1) is 0 Å². The van der Waals surface area contributed by atoms with Crippen LogP contribution in [0.5, 0.6) is 0 Å². The number of carbonyl (C=O) groups excluding carboxylic acids is 1. The molecule has 1 aromatic rings. The molecule has 0 spiro atoms. The van der Waals surface area contributed by atoms with Gasteiger partial charge in [-0.1, -0.05) is 41.8 Å². The van der Waals surface area contributed by atoms with Crippen LogP contribution in [0.15, 0.2) is 28.7 Å². The first-order valence-electron chi connectivity index (χ1n) is 6.23. The Hall–Kier alpha value is -0.830. The number of nitrogens with one attached hydrogen (secondary N) is 1. The number of rotatable bonds is 2. The molecule has 3 heteroatoms. The van der Waals surface area contributed by atoms with E-state index in [4.69, 9.17) is 0 Å². The van der Waals surface area contributed by atoms with E-state index in [1.54, 1.807) is 0 Å². The summed E-state index contributed by atoms with van der Waals surface area (Å²) in [4.78, 5) is 12.1. The van der Waals surface area contributed by atoms with E-state index >= 15 is 0 Å². The molecule has 1 aliphatic carbocycles. The summed E-state index contributed by atoms with van der Waals surface area (Å²) >= 11 is 3.39. The fourth-order valence-corrected chi connectivity index (χ4v) is 2.81. The van der Waals surface area contributed by atoms with Gasteiger partial charge in [0.15, 0.2) is 0 Å². The second-order valence-electron chi connectivity index (χ2n) is 4.85. The van der Waals surface area contributed by atoms with E-state index < -0.39 is 0 Å². The first-order valence-corrected chi connectivity index (χ1v) is 7.02. The molecular formula is C14H18BrNO. The van der Waals surface area contributed by atoms with E-state index in [0.29, 0.717) is 12.0 Å². The summed E-state index contributed by atoms with van der Waals surface area (Å²) in [5.74, 6) is 0.643. The number of amides is 1. The van der Waals surface area contributed by atoms with E-state index in [1.165, 1.54) is 19.3 Å². The summed E-state index contributed by atoms with van der Waals surface area (Å²) in [5.41, 5.74) is 0.733. The topological polar surface area (TPSA) is 29.1 Å². The Balaban J connectivity index is 2.01. The van der Waals surface area contributed by atoms with Crippen molar-refractivity contribution in [1.29, 1.82) is 0 Å². The molecule has 0 heterocycles. The van der Waals surface area contributed by atoms with Crippen molar-refractivity contribution in [3.05, 3.63) is 34.3 Å². The van der Waals surface area contributed by atoms with Crippen LogP contribution in [0.1, 0.15) is 43.0 Å². The van der Waals surface area contributed by atoms with Crippen LogP contribution in [0.2, 0.25) is 0 Å². The Kier molecular flexibility index (Phi) is 4.21. The molecule has 92 valence electrons. The zero-order valence-electron chi connectivity index (χ0n) is 10.1. The maximum atomic E-state index is 12.1. The number of hydrogen-bond acceptors (Lipinski definition) is 1. The first-order chi connectivity index (χ1) is 8.16. The van der Waals surface area contributed by atoms with Gasteiger partial charge in [-0.25, -0.2) is 0 Å². The van der Waals surface area contributed by atoms with Gasteiger partial charge >= 0.3 is 0 Å². The second-order valence-corrected chi connectivity index (χ2v) is 5.77. The normalized spacial score (nSPS) is 24.4. The highest BCUT2D eigenvalue weighted by Gasteiger charge is 2.23. The minimum absolute atomic E-state index is 0.0463. The van der Waals surface area contributed by atoms with Gasteiger partial charge in [-0.2, -0.15) is 0 Å². The molecule has 0 radical (unpaired) electrons. The minimum Gasteiger partial charge on any atom is -0.349 e. The fraction of sp³-hybridized carbons (Fsp3) is 0.500. The molecule has 1 N–H and O–H groups in total. The number of carbonyl (C=O) groups is 1. The van der Waals surface area contributed by atoms with Gasteiger partial charge in [0.25, 0.3) is 5.91 Å². The van der Waals surface area contributed by atoms with Crippen LogP contribution in [0.4, 0.5) is 0 Å². The standard InChI is InChI=1S/C14H18BrNO/c1-10-5-2-3-8-13(10)16-14(17)11-6-4-7-12(15)9-11/h4,6-7,9-10,13H,2-3,5,8H2,1H3,(H,16,17)/t10-,13-/m1/s1. The molecule has 2 rings (SSSR count). The Morgan fingerprint density at radius 2 is 2.12 bits per heavy atom. The SMILES string of the molecule is C[C@@H]1CCCC[C@H]1NC(=O)c1cccc(Br)c1. The Bertz CT molecular complexity index is 405. The molecule has 2 atom stereocenters. The van der Waals surface area contributed by atoms with Crippen LogP contribution >= 0.6 is 15.9 Å². The van der Waals surface area contributed by atoms with Crippen molar-refractivity contribution in [2.45, 2.75) is 38.6 Å². The summed E-state index contributed by atoms with van der Waals surface area (Å²) in [6.45, 7) is 2.23. The molecule has 1 saturated carbocycles. The van der Waals surface area contributed by atoms with Crippen LogP contribution in [-0.2, 0) is 0 Å². The highest BCUT2D eigenvalue weighted by molar-refractivity contribution is 9.10. The van der Waals surface area contributed by atoms with E-state index in [-0.39, 0.29) is 5.91 Å². The molecule has 0 saturated heterocycles. The average Bonchev–Trinajstić information content (AvgIpc) is 2.32. The van der Waals surface area contributed by atoms with Crippen molar-refractivity contribution in [3.63, 3.8) is 0 Å². The number of benzene rings is 1. The van der Waals surface area contributed by atoms with Crippen LogP contribution < -0.4 is 5.32 Å². The van der Waals surface area contributed by atoms with Gasteiger partial charge in [-0.3, -0.25) is 4.79 Å². The molecule has 0 unspecified atom stereocenters. The third kappa shape index (κ3) is 3.32. The fourth-order valence-electron chi connectivity index (χ4n) is 2.41. The predicted molar refractivity (Wildman–Crippen MR) is 73.0 cm³/mol. The summed E-state index contributed by atoms with van der Waals surface area (Å²) in [5, 5.41) is 3.15. The van der Waals surface area contributed by atoms with Crippen LogP contribution in [-0.4, -0.2) is 11.9 Å². The zero-order chi connectivity index (χ0) is 12.3. The zero-order valence-corrected chi connectivity index (χ0v) is 11.7. The van der Waals surface area contributed by atoms with Crippen LogP contribution in [0.25, 0.3) is 0 Å². The predicted octanol–water partition coefficient (Wildman–Crippen LogP) is 3.76. The van der Waals surface area contributed by atoms with Crippen molar-refractivity contribution in [2.24, 2.45) is 5.92 Å². The third-order valence-electron chi connectivity index (χ3n) is 3.51. The minimum atomic E-state index is 0.0463. The second kappa shape index (κ2) is 5.67. The monoisotopic (exact) mass is 295 g/mol. The van der Waals surface area contributed by atoms with Crippen molar-refractivity contribution in [3.8, 4) is 0 Å². The molecule has 1 amide bonds. The summed E-state index contributed by atoms with van der Waals surface area (Å²) < 4.78 is 0.946.